The van der Waals surface area contributed by atoms with Crippen LogP contribution >= 0.6 is 11.6 Å². The number of nitrogens with one attached hydrogen (secondary N) is 2. The van der Waals surface area contributed by atoms with E-state index in [9.17, 15) is 19.5 Å². The third-order valence-corrected chi connectivity index (χ3v) is 6.92. The monoisotopic (exact) mass is 439 g/mol. The van der Waals surface area contributed by atoms with Crippen molar-refractivity contribution in [2.75, 3.05) is 11.9 Å². The molecule has 3 heterocycles. The number of carbonyl (C=O) groups is 3. The Balaban J connectivity index is 1.55. The largest absolute Gasteiger partial charge is 0.392 e. The minimum Gasteiger partial charge on any atom is -0.392 e. The summed E-state index contributed by atoms with van der Waals surface area (Å²) < 4.78 is 0. The van der Waals surface area contributed by atoms with Crippen LogP contribution in [0.2, 0.25) is 5.02 Å². The lowest BCUT2D eigenvalue weighted by Gasteiger charge is -2.30. The molecule has 0 radical (unpaired) electrons. The van der Waals surface area contributed by atoms with E-state index in [0.717, 1.165) is 5.56 Å². The van der Waals surface area contributed by atoms with Gasteiger partial charge in [0.15, 0.2) is 0 Å². The Hall–Kier alpha value is -2.74. The number of fused-ring (bicyclic) bond motifs is 4. The molecule has 31 heavy (non-hydrogen) atoms. The van der Waals surface area contributed by atoms with Gasteiger partial charge in [0.05, 0.1) is 17.9 Å². The molecule has 0 unspecified atom stereocenters. The fourth-order valence-corrected chi connectivity index (χ4v) is 5.46. The zero-order valence-corrected chi connectivity index (χ0v) is 17.6. The number of hydrogen-bond donors (Lipinski definition) is 3. The number of imide groups is 1. The third-order valence-electron chi connectivity index (χ3n) is 6.69. The van der Waals surface area contributed by atoms with Gasteiger partial charge in [-0.3, -0.25) is 24.6 Å². The van der Waals surface area contributed by atoms with Gasteiger partial charge in [-0.1, -0.05) is 41.9 Å². The zero-order chi connectivity index (χ0) is 21.9. The average molecular weight is 440 g/mol. The number of benzene rings is 2. The fraction of sp³-hybridized carbons (Fsp3) is 0.348. The fourth-order valence-electron chi connectivity index (χ4n) is 5.28. The molecule has 8 heteroatoms. The molecule has 0 aliphatic carbocycles. The Labute approximate surface area is 184 Å². The highest BCUT2D eigenvalue weighted by Gasteiger charge is 2.71. The van der Waals surface area contributed by atoms with Crippen LogP contribution in [0.25, 0.3) is 0 Å². The summed E-state index contributed by atoms with van der Waals surface area (Å²) in [6.07, 6.45) is -0.416. The predicted molar refractivity (Wildman–Crippen MR) is 114 cm³/mol. The molecule has 2 aromatic rings. The molecule has 2 aromatic carbocycles. The van der Waals surface area contributed by atoms with Gasteiger partial charge in [-0.05, 0) is 37.1 Å². The van der Waals surface area contributed by atoms with Gasteiger partial charge in [0.1, 0.15) is 5.54 Å². The summed E-state index contributed by atoms with van der Waals surface area (Å²) in [5.41, 5.74) is 0.653. The molecule has 160 valence electrons. The number of amides is 3. The molecule has 0 bridgehead atoms. The topological polar surface area (TPSA) is 98.7 Å². The lowest BCUT2D eigenvalue weighted by Crippen LogP contribution is -2.55. The first-order chi connectivity index (χ1) is 14.8. The molecule has 2 saturated heterocycles. The van der Waals surface area contributed by atoms with Crippen LogP contribution in [-0.4, -0.2) is 46.4 Å². The summed E-state index contributed by atoms with van der Waals surface area (Å²) in [6.45, 7) is 1.78. The molecule has 0 aromatic heterocycles. The van der Waals surface area contributed by atoms with Crippen molar-refractivity contribution >= 4 is 35.0 Å². The van der Waals surface area contributed by atoms with E-state index in [1.54, 1.807) is 25.1 Å². The smallest absolute Gasteiger partial charge is 0.250 e. The minimum atomic E-state index is -1.44. The van der Waals surface area contributed by atoms with Crippen molar-refractivity contribution < 1.29 is 19.5 Å². The lowest BCUT2D eigenvalue weighted by molar-refractivity contribution is -0.143. The van der Waals surface area contributed by atoms with E-state index in [4.69, 9.17) is 11.6 Å². The Bertz CT molecular complexity index is 1090. The van der Waals surface area contributed by atoms with Gasteiger partial charge in [-0.15, -0.1) is 0 Å². The number of aliphatic hydroxyl groups is 1. The molecule has 3 aliphatic rings. The quantitative estimate of drug-likeness (QED) is 0.630. The van der Waals surface area contributed by atoms with Crippen LogP contribution in [0.15, 0.2) is 48.5 Å². The van der Waals surface area contributed by atoms with Crippen LogP contribution < -0.4 is 10.6 Å². The summed E-state index contributed by atoms with van der Waals surface area (Å²) in [6, 6.07) is 13.9. The molecule has 0 saturated carbocycles. The van der Waals surface area contributed by atoms with E-state index in [1.807, 2.05) is 30.3 Å². The number of halogens is 1. The number of likely N-dealkylation sites (tertiary alicyclic amines) is 1. The molecule has 1 spiro atoms. The molecule has 3 N–H and O–H groups in total. The third kappa shape index (κ3) is 2.84. The van der Waals surface area contributed by atoms with Crippen molar-refractivity contribution in [1.29, 1.82) is 0 Å². The molecule has 7 nitrogen and oxygen atoms in total. The molecule has 2 fully saturated rings. The molecule has 5 atom stereocenters. The second kappa shape index (κ2) is 7.15. The first kappa shape index (κ1) is 20.2. The maximum Gasteiger partial charge on any atom is 0.250 e. The summed E-state index contributed by atoms with van der Waals surface area (Å²) >= 11 is 6.21. The van der Waals surface area contributed by atoms with Crippen LogP contribution in [0.3, 0.4) is 0 Å². The van der Waals surface area contributed by atoms with E-state index < -0.39 is 41.3 Å². The molecule has 3 aliphatic heterocycles. The van der Waals surface area contributed by atoms with Crippen LogP contribution in [0, 0.1) is 11.8 Å². The predicted octanol–water partition coefficient (Wildman–Crippen LogP) is 1.68. The number of hydrogen-bond acceptors (Lipinski definition) is 5. The lowest BCUT2D eigenvalue weighted by atomic mass is 9.76. The first-order valence-corrected chi connectivity index (χ1v) is 10.7. The summed E-state index contributed by atoms with van der Waals surface area (Å²) in [7, 11) is 0. The molecular weight excluding hydrogens is 418 g/mol. The first-order valence-electron chi connectivity index (χ1n) is 10.3. The number of anilines is 1. The van der Waals surface area contributed by atoms with Crippen LogP contribution in [-0.2, 0) is 26.3 Å². The summed E-state index contributed by atoms with van der Waals surface area (Å²) in [4.78, 5) is 41.4. The van der Waals surface area contributed by atoms with Gasteiger partial charge >= 0.3 is 0 Å². The Kier molecular flexibility index (Phi) is 4.66. The van der Waals surface area contributed by atoms with Gasteiger partial charge in [0.2, 0.25) is 17.7 Å². The van der Waals surface area contributed by atoms with Crippen molar-refractivity contribution in [2.24, 2.45) is 11.8 Å². The number of carbonyl (C=O) groups excluding carboxylic acids is 3. The van der Waals surface area contributed by atoms with Crippen molar-refractivity contribution in [3.05, 3.63) is 64.7 Å². The number of rotatable bonds is 4. The van der Waals surface area contributed by atoms with E-state index in [-0.39, 0.29) is 12.5 Å². The standard InChI is InChI=1S/C23H22ClN3O4/c1-12(28)19-17-18(21(30)27(20(17)29)10-9-13-5-3-2-4-6-13)23(26-19)15-11-14(24)7-8-16(15)25-22(23)31/h2-8,11-12,17-19,26,28H,9-10H2,1H3,(H,25,31)/t12-,17+,18-,19-,23-/m0/s1. The van der Waals surface area contributed by atoms with Crippen molar-refractivity contribution in [3.8, 4) is 0 Å². The van der Waals surface area contributed by atoms with Crippen LogP contribution in [0.1, 0.15) is 18.1 Å². The summed E-state index contributed by atoms with van der Waals surface area (Å²) in [5, 5.41) is 16.8. The highest BCUT2D eigenvalue weighted by molar-refractivity contribution is 6.31. The highest BCUT2D eigenvalue weighted by Crippen LogP contribution is 2.53. The van der Waals surface area contributed by atoms with Crippen molar-refractivity contribution in [3.63, 3.8) is 0 Å². The summed E-state index contributed by atoms with van der Waals surface area (Å²) in [5.74, 6) is -2.95. The van der Waals surface area contributed by atoms with Gasteiger partial charge in [0, 0.05) is 28.9 Å². The molecule has 5 rings (SSSR count). The SMILES string of the molecule is C[C@H](O)[C@@H]1N[C@]2(C(=O)Nc3ccc(Cl)cc32)[C@@H]2C(=O)N(CCc3ccccc3)C(=O)[C@@H]12. The van der Waals surface area contributed by atoms with Gasteiger partial charge in [-0.25, -0.2) is 0 Å². The highest BCUT2D eigenvalue weighted by atomic mass is 35.5. The molecule has 3 amide bonds. The van der Waals surface area contributed by atoms with Crippen molar-refractivity contribution in [2.45, 2.75) is 31.0 Å². The zero-order valence-electron chi connectivity index (χ0n) is 16.8. The maximum atomic E-state index is 13.6. The Morgan fingerprint density at radius 1 is 1.13 bits per heavy atom. The van der Waals surface area contributed by atoms with Crippen molar-refractivity contribution in [1.82, 2.24) is 10.2 Å². The maximum absolute atomic E-state index is 13.6. The number of aliphatic hydroxyl groups excluding tert-OH is 1. The number of nitrogens with zero attached hydrogens (tertiary/aromatic N) is 1. The van der Waals surface area contributed by atoms with E-state index >= 15 is 0 Å². The second-order valence-corrected chi connectivity index (χ2v) is 8.87. The van der Waals surface area contributed by atoms with Gasteiger partial charge < -0.3 is 10.4 Å². The molecular formula is C23H22ClN3O4. The Morgan fingerprint density at radius 2 is 1.87 bits per heavy atom. The van der Waals surface area contributed by atoms with Crippen LogP contribution in [0.4, 0.5) is 5.69 Å². The van der Waals surface area contributed by atoms with Gasteiger partial charge in [0.25, 0.3) is 0 Å². The Morgan fingerprint density at radius 3 is 2.58 bits per heavy atom. The second-order valence-electron chi connectivity index (χ2n) is 8.43. The van der Waals surface area contributed by atoms with E-state index in [1.165, 1.54) is 4.90 Å². The van der Waals surface area contributed by atoms with Crippen LogP contribution in [0.5, 0.6) is 0 Å². The average Bonchev–Trinajstić information content (AvgIpc) is 3.33. The van der Waals surface area contributed by atoms with Gasteiger partial charge in [-0.2, -0.15) is 0 Å². The normalized spacial score (nSPS) is 30.0. The minimum absolute atomic E-state index is 0.224. The van der Waals surface area contributed by atoms with E-state index in [0.29, 0.717) is 22.7 Å². The van der Waals surface area contributed by atoms with E-state index in [2.05, 4.69) is 10.6 Å².